The third kappa shape index (κ3) is 5.89. The number of benzene rings is 1. The molecule has 2 heterocycles. The Morgan fingerprint density at radius 3 is 2.58 bits per heavy atom. The van der Waals surface area contributed by atoms with Crippen molar-refractivity contribution in [3.63, 3.8) is 0 Å². The molecule has 2 aliphatic rings. The molecule has 2 aromatic rings. The smallest absolute Gasteiger partial charge is 0.270 e. The van der Waals surface area contributed by atoms with E-state index in [1.165, 1.54) is 5.56 Å². The van der Waals surface area contributed by atoms with Gasteiger partial charge in [0.1, 0.15) is 11.5 Å². The summed E-state index contributed by atoms with van der Waals surface area (Å²) in [6, 6.07) is 11.7. The Labute approximate surface area is 181 Å². The third-order valence-electron chi connectivity index (χ3n) is 5.92. The first-order valence-corrected chi connectivity index (χ1v) is 10.9. The monoisotopic (exact) mass is 429 g/mol. The highest BCUT2D eigenvalue weighted by molar-refractivity contribution is 5.93. The molecular formula is C23H29F2N5O. The normalized spacial score (nSPS) is 18.0. The molecule has 1 N–H and O–H groups in total. The Morgan fingerprint density at radius 2 is 1.90 bits per heavy atom. The van der Waals surface area contributed by atoms with E-state index >= 15 is 0 Å². The molecule has 0 radical (unpaired) electrons. The molecule has 1 aromatic carbocycles. The van der Waals surface area contributed by atoms with Crippen molar-refractivity contribution < 1.29 is 13.6 Å². The van der Waals surface area contributed by atoms with Crippen LogP contribution in [0.2, 0.25) is 0 Å². The second-order valence-corrected chi connectivity index (χ2v) is 8.56. The number of amides is 1. The fourth-order valence-corrected chi connectivity index (χ4v) is 3.63. The van der Waals surface area contributed by atoms with Gasteiger partial charge in [-0.3, -0.25) is 4.79 Å². The molecule has 0 unspecified atom stereocenters. The minimum Gasteiger partial charge on any atom is -0.356 e. The fourth-order valence-electron chi connectivity index (χ4n) is 3.63. The molecule has 1 saturated heterocycles. The van der Waals surface area contributed by atoms with Crippen LogP contribution in [0.4, 0.5) is 20.5 Å². The maximum absolute atomic E-state index is 13.6. The van der Waals surface area contributed by atoms with Gasteiger partial charge in [0.2, 0.25) is 5.95 Å². The largest absolute Gasteiger partial charge is 0.356 e. The molecular weight excluding hydrogens is 400 g/mol. The van der Waals surface area contributed by atoms with Gasteiger partial charge in [-0.15, -0.1) is 0 Å². The van der Waals surface area contributed by atoms with E-state index in [2.05, 4.69) is 27.4 Å². The summed E-state index contributed by atoms with van der Waals surface area (Å²) in [5.41, 5.74) is 1.48. The Balaban J connectivity index is 1.52. The highest BCUT2D eigenvalue weighted by atomic mass is 19.3. The first kappa shape index (κ1) is 21.5. The average molecular weight is 430 g/mol. The van der Waals surface area contributed by atoms with Gasteiger partial charge in [0.05, 0.1) is 0 Å². The van der Waals surface area contributed by atoms with E-state index < -0.39 is 5.92 Å². The molecule has 1 aliphatic carbocycles. The molecule has 0 bridgehead atoms. The number of likely N-dealkylation sites (N-methyl/N-ethyl adjacent to an activating group) is 1. The summed E-state index contributed by atoms with van der Waals surface area (Å²) < 4.78 is 27.2. The SMILES string of the molecule is CN(CCc1ccccc1)c1nc(C(=O)NCC2CC2)cc(N2CCC(F)(F)CC2)n1. The number of hydrogen-bond acceptors (Lipinski definition) is 5. The van der Waals surface area contributed by atoms with Crippen LogP contribution in [-0.4, -0.2) is 55.0 Å². The van der Waals surface area contributed by atoms with Crippen molar-refractivity contribution in [3.05, 3.63) is 47.7 Å². The number of hydrogen-bond donors (Lipinski definition) is 1. The number of carbonyl (C=O) groups excluding carboxylic acids is 1. The van der Waals surface area contributed by atoms with E-state index in [1.54, 1.807) is 6.07 Å². The third-order valence-corrected chi connectivity index (χ3v) is 5.92. The van der Waals surface area contributed by atoms with Gasteiger partial charge in [0.25, 0.3) is 11.8 Å². The zero-order valence-electron chi connectivity index (χ0n) is 17.9. The maximum Gasteiger partial charge on any atom is 0.270 e. The molecule has 6 nitrogen and oxygen atoms in total. The second kappa shape index (κ2) is 9.16. The summed E-state index contributed by atoms with van der Waals surface area (Å²) >= 11 is 0. The highest BCUT2D eigenvalue weighted by Gasteiger charge is 2.35. The second-order valence-electron chi connectivity index (χ2n) is 8.56. The molecule has 1 aliphatic heterocycles. The summed E-state index contributed by atoms with van der Waals surface area (Å²) in [4.78, 5) is 25.6. The van der Waals surface area contributed by atoms with Crippen LogP contribution in [0.1, 0.15) is 41.7 Å². The van der Waals surface area contributed by atoms with Gasteiger partial charge in [-0.25, -0.2) is 13.8 Å². The van der Waals surface area contributed by atoms with Crippen molar-refractivity contribution >= 4 is 17.7 Å². The zero-order chi connectivity index (χ0) is 21.8. The van der Waals surface area contributed by atoms with Crippen molar-refractivity contribution in [2.24, 2.45) is 5.92 Å². The van der Waals surface area contributed by atoms with Crippen molar-refractivity contribution in [2.45, 2.75) is 38.0 Å². The lowest BCUT2D eigenvalue weighted by Gasteiger charge is -2.33. The van der Waals surface area contributed by atoms with Crippen LogP contribution in [0.15, 0.2) is 36.4 Å². The summed E-state index contributed by atoms with van der Waals surface area (Å²) in [5.74, 6) is -1.35. The van der Waals surface area contributed by atoms with Gasteiger partial charge < -0.3 is 15.1 Å². The van der Waals surface area contributed by atoms with Gasteiger partial charge >= 0.3 is 0 Å². The number of piperidine rings is 1. The molecule has 166 valence electrons. The van der Waals surface area contributed by atoms with E-state index in [4.69, 9.17) is 0 Å². The van der Waals surface area contributed by atoms with Crippen LogP contribution in [0.5, 0.6) is 0 Å². The number of carbonyl (C=O) groups is 1. The van der Waals surface area contributed by atoms with Crippen molar-refractivity contribution in [1.82, 2.24) is 15.3 Å². The number of alkyl halides is 2. The lowest BCUT2D eigenvalue weighted by Crippen LogP contribution is -2.40. The first-order valence-electron chi connectivity index (χ1n) is 10.9. The van der Waals surface area contributed by atoms with Gasteiger partial charge in [-0.05, 0) is 30.7 Å². The van der Waals surface area contributed by atoms with Crippen LogP contribution in [0, 0.1) is 5.92 Å². The number of nitrogens with zero attached hydrogens (tertiary/aromatic N) is 4. The minimum atomic E-state index is -2.64. The maximum atomic E-state index is 13.6. The zero-order valence-corrected chi connectivity index (χ0v) is 17.9. The molecule has 8 heteroatoms. The van der Waals surface area contributed by atoms with E-state index in [-0.39, 0.29) is 37.5 Å². The summed E-state index contributed by atoms with van der Waals surface area (Å²) in [6.07, 6.45) is 2.68. The molecule has 0 spiro atoms. The summed E-state index contributed by atoms with van der Waals surface area (Å²) in [5, 5.41) is 2.94. The Bertz CT molecular complexity index is 894. The van der Waals surface area contributed by atoms with Crippen LogP contribution >= 0.6 is 0 Å². The van der Waals surface area contributed by atoms with Gasteiger partial charge in [0, 0.05) is 52.1 Å². The number of anilines is 2. The Morgan fingerprint density at radius 1 is 1.19 bits per heavy atom. The van der Waals surface area contributed by atoms with Crippen molar-refractivity contribution in [3.8, 4) is 0 Å². The van der Waals surface area contributed by atoms with Gasteiger partial charge in [-0.2, -0.15) is 4.98 Å². The average Bonchev–Trinajstić information content (AvgIpc) is 3.61. The van der Waals surface area contributed by atoms with Crippen LogP contribution in [0.3, 0.4) is 0 Å². The standard InChI is InChI=1S/C23H29F2N5O/c1-29(12-9-17-5-3-2-4-6-17)22-27-19(21(31)26-16-18-7-8-18)15-20(28-22)30-13-10-23(24,25)11-14-30/h2-6,15,18H,7-14,16H2,1H3,(H,26,31). The summed E-state index contributed by atoms with van der Waals surface area (Å²) in [7, 11) is 1.89. The lowest BCUT2D eigenvalue weighted by molar-refractivity contribution is -0.0221. The van der Waals surface area contributed by atoms with Crippen LogP contribution < -0.4 is 15.1 Å². The van der Waals surface area contributed by atoms with Crippen LogP contribution in [0.25, 0.3) is 0 Å². The molecule has 0 atom stereocenters. The fraction of sp³-hybridized carbons (Fsp3) is 0.522. The van der Waals surface area contributed by atoms with E-state index in [1.807, 2.05) is 35.0 Å². The number of rotatable bonds is 8. The molecule has 4 rings (SSSR count). The van der Waals surface area contributed by atoms with Crippen molar-refractivity contribution in [1.29, 1.82) is 0 Å². The quantitative estimate of drug-likeness (QED) is 0.696. The van der Waals surface area contributed by atoms with E-state index in [0.717, 1.165) is 19.3 Å². The molecule has 2 fully saturated rings. The molecule has 31 heavy (non-hydrogen) atoms. The minimum absolute atomic E-state index is 0.209. The molecule has 1 aromatic heterocycles. The van der Waals surface area contributed by atoms with Gasteiger partial charge in [-0.1, -0.05) is 30.3 Å². The lowest BCUT2D eigenvalue weighted by atomic mass is 10.1. The first-order chi connectivity index (χ1) is 14.9. The number of halogens is 2. The molecule has 1 amide bonds. The Kier molecular flexibility index (Phi) is 6.34. The molecule has 1 saturated carbocycles. The predicted molar refractivity (Wildman–Crippen MR) is 117 cm³/mol. The van der Waals surface area contributed by atoms with E-state index in [9.17, 15) is 13.6 Å². The Hall–Kier alpha value is -2.77. The topological polar surface area (TPSA) is 61.4 Å². The predicted octanol–water partition coefficient (Wildman–Crippen LogP) is 3.53. The number of aromatic nitrogens is 2. The number of nitrogens with one attached hydrogen (secondary N) is 1. The van der Waals surface area contributed by atoms with Crippen molar-refractivity contribution in [2.75, 3.05) is 43.0 Å². The summed E-state index contributed by atoms with van der Waals surface area (Å²) in [6.45, 7) is 1.74. The van der Waals surface area contributed by atoms with E-state index in [0.29, 0.717) is 30.8 Å². The van der Waals surface area contributed by atoms with Gasteiger partial charge in [0.15, 0.2) is 0 Å². The highest BCUT2D eigenvalue weighted by Crippen LogP contribution is 2.31. The van der Waals surface area contributed by atoms with Crippen LogP contribution in [-0.2, 0) is 6.42 Å².